The molecule has 0 atom stereocenters. The Balaban J connectivity index is 1.81. The molecule has 104 valence electrons. The van der Waals surface area contributed by atoms with Gasteiger partial charge in [0, 0.05) is 16.9 Å². The third kappa shape index (κ3) is 2.74. The summed E-state index contributed by atoms with van der Waals surface area (Å²) >= 11 is 0. The van der Waals surface area contributed by atoms with Gasteiger partial charge in [-0.15, -0.1) is 0 Å². The Morgan fingerprint density at radius 3 is 2.60 bits per heavy atom. The van der Waals surface area contributed by atoms with E-state index in [1.807, 2.05) is 30.3 Å². The standard InChI is InChI=1S/C16H19N3O/c20-16(17-12-8-4-3-5-9-12)15-13-10-6-1-2-7-11-14(13)18-19-15/h3-5,8-9H,1-2,6-7,10-11H2,(H,17,20)(H,18,19). The van der Waals surface area contributed by atoms with Gasteiger partial charge in [-0.2, -0.15) is 5.10 Å². The number of nitrogens with one attached hydrogen (secondary N) is 2. The molecular formula is C16H19N3O. The van der Waals surface area contributed by atoms with Crippen LogP contribution in [0.2, 0.25) is 0 Å². The number of hydrogen-bond donors (Lipinski definition) is 2. The number of aryl methyl sites for hydroxylation is 1. The van der Waals surface area contributed by atoms with Crippen molar-refractivity contribution in [1.82, 2.24) is 10.2 Å². The zero-order valence-corrected chi connectivity index (χ0v) is 11.5. The Bertz CT molecular complexity index is 589. The molecule has 1 aliphatic carbocycles. The first-order valence-electron chi connectivity index (χ1n) is 7.27. The maximum atomic E-state index is 12.4. The molecule has 3 rings (SSSR count). The minimum Gasteiger partial charge on any atom is -0.321 e. The Morgan fingerprint density at radius 1 is 1.05 bits per heavy atom. The fourth-order valence-corrected chi connectivity index (χ4v) is 2.73. The van der Waals surface area contributed by atoms with Gasteiger partial charge in [0.25, 0.3) is 5.91 Å². The maximum absolute atomic E-state index is 12.4. The van der Waals surface area contributed by atoms with Crippen LogP contribution in [0.15, 0.2) is 30.3 Å². The second kappa shape index (κ2) is 5.90. The number of rotatable bonds is 2. The number of nitrogens with zero attached hydrogens (tertiary/aromatic N) is 1. The summed E-state index contributed by atoms with van der Waals surface area (Å²) in [7, 11) is 0. The van der Waals surface area contributed by atoms with Crippen LogP contribution in [-0.2, 0) is 12.8 Å². The second-order valence-corrected chi connectivity index (χ2v) is 5.26. The highest BCUT2D eigenvalue weighted by atomic mass is 16.1. The van der Waals surface area contributed by atoms with E-state index in [0.717, 1.165) is 36.2 Å². The Morgan fingerprint density at radius 2 is 1.80 bits per heavy atom. The average Bonchev–Trinajstić information content (AvgIpc) is 2.82. The van der Waals surface area contributed by atoms with E-state index in [2.05, 4.69) is 15.5 Å². The van der Waals surface area contributed by atoms with E-state index in [9.17, 15) is 4.79 Å². The zero-order chi connectivity index (χ0) is 13.8. The molecule has 0 fully saturated rings. The average molecular weight is 269 g/mol. The van der Waals surface area contributed by atoms with Crippen LogP contribution in [0.25, 0.3) is 0 Å². The van der Waals surface area contributed by atoms with Gasteiger partial charge in [0.15, 0.2) is 5.69 Å². The number of aromatic amines is 1. The highest BCUT2D eigenvalue weighted by Gasteiger charge is 2.20. The van der Waals surface area contributed by atoms with Crippen molar-refractivity contribution in [1.29, 1.82) is 0 Å². The molecule has 1 amide bonds. The summed E-state index contributed by atoms with van der Waals surface area (Å²) in [4.78, 5) is 12.4. The van der Waals surface area contributed by atoms with Crippen molar-refractivity contribution >= 4 is 11.6 Å². The minimum absolute atomic E-state index is 0.116. The van der Waals surface area contributed by atoms with E-state index in [4.69, 9.17) is 0 Å². The summed E-state index contributed by atoms with van der Waals surface area (Å²) in [5.41, 5.74) is 3.62. The summed E-state index contributed by atoms with van der Waals surface area (Å²) in [6.45, 7) is 0. The van der Waals surface area contributed by atoms with E-state index < -0.39 is 0 Å². The molecule has 2 N–H and O–H groups in total. The van der Waals surface area contributed by atoms with Crippen LogP contribution >= 0.6 is 0 Å². The van der Waals surface area contributed by atoms with Crippen LogP contribution in [0, 0.1) is 0 Å². The third-order valence-electron chi connectivity index (χ3n) is 3.80. The first-order valence-corrected chi connectivity index (χ1v) is 7.27. The SMILES string of the molecule is O=C(Nc1ccccc1)c1n[nH]c2c1CCCCCC2. The summed E-state index contributed by atoms with van der Waals surface area (Å²) in [5.74, 6) is -0.116. The number of anilines is 1. The summed E-state index contributed by atoms with van der Waals surface area (Å²) in [6, 6.07) is 9.51. The number of fused-ring (bicyclic) bond motifs is 1. The van der Waals surface area contributed by atoms with Gasteiger partial charge in [-0.3, -0.25) is 9.89 Å². The van der Waals surface area contributed by atoms with Crippen molar-refractivity contribution in [3.8, 4) is 0 Å². The third-order valence-corrected chi connectivity index (χ3v) is 3.80. The molecule has 2 aromatic rings. The number of carbonyl (C=O) groups is 1. The number of hydrogen-bond acceptors (Lipinski definition) is 2. The topological polar surface area (TPSA) is 57.8 Å². The van der Waals surface area contributed by atoms with Crippen LogP contribution in [-0.4, -0.2) is 16.1 Å². The van der Waals surface area contributed by atoms with Crippen molar-refractivity contribution in [3.63, 3.8) is 0 Å². The van der Waals surface area contributed by atoms with Crippen molar-refractivity contribution < 1.29 is 4.79 Å². The number of H-pyrrole nitrogens is 1. The normalized spacial score (nSPS) is 15.0. The lowest BCUT2D eigenvalue weighted by atomic mass is 9.97. The summed E-state index contributed by atoms with van der Waals surface area (Å²) < 4.78 is 0. The Labute approximate surface area is 118 Å². The number of amides is 1. The largest absolute Gasteiger partial charge is 0.321 e. The van der Waals surface area contributed by atoms with Gasteiger partial charge in [-0.25, -0.2) is 0 Å². The van der Waals surface area contributed by atoms with Gasteiger partial charge in [-0.05, 0) is 37.8 Å². The molecule has 4 nitrogen and oxygen atoms in total. The lowest BCUT2D eigenvalue weighted by molar-refractivity contribution is 0.102. The molecule has 0 aliphatic heterocycles. The number of benzene rings is 1. The van der Waals surface area contributed by atoms with E-state index >= 15 is 0 Å². The molecule has 0 radical (unpaired) electrons. The molecule has 0 saturated carbocycles. The smallest absolute Gasteiger partial charge is 0.276 e. The van der Waals surface area contributed by atoms with E-state index in [1.165, 1.54) is 19.3 Å². The molecule has 20 heavy (non-hydrogen) atoms. The molecule has 1 aliphatic rings. The summed E-state index contributed by atoms with van der Waals surface area (Å²) in [5, 5.41) is 10.2. The summed E-state index contributed by atoms with van der Waals surface area (Å²) in [6.07, 6.45) is 6.77. The highest BCUT2D eigenvalue weighted by Crippen LogP contribution is 2.22. The predicted octanol–water partition coefficient (Wildman–Crippen LogP) is 3.32. The maximum Gasteiger partial charge on any atom is 0.276 e. The molecule has 0 saturated heterocycles. The number of para-hydroxylation sites is 1. The van der Waals surface area contributed by atoms with Gasteiger partial charge in [0.2, 0.25) is 0 Å². The van der Waals surface area contributed by atoms with E-state index in [-0.39, 0.29) is 5.91 Å². The quantitative estimate of drug-likeness (QED) is 0.878. The van der Waals surface area contributed by atoms with E-state index in [0.29, 0.717) is 5.69 Å². The van der Waals surface area contributed by atoms with Crippen LogP contribution in [0.5, 0.6) is 0 Å². The Kier molecular flexibility index (Phi) is 3.81. The van der Waals surface area contributed by atoms with Gasteiger partial charge < -0.3 is 5.32 Å². The van der Waals surface area contributed by atoms with Crippen molar-refractivity contribution in [3.05, 3.63) is 47.3 Å². The molecule has 1 aromatic carbocycles. The first kappa shape index (κ1) is 12.9. The molecule has 0 spiro atoms. The van der Waals surface area contributed by atoms with Crippen LogP contribution in [0.3, 0.4) is 0 Å². The highest BCUT2D eigenvalue weighted by molar-refractivity contribution is 6.04. The molecule has 0 bridgehead atoms. The van der Waals surface area contributed by atoms with Crippen molar-refractivity contribution in [2.24, 2.45) is 0 Å². The fraction of sp³-hybridized carbons (Fsp3) is 0.375. The fourth-order valence-electron chi connectivity index (χ4n) is 2.73. The lowest BCUT2D eigenvalue weighted by Crippen LogP contribution is -2.15. The van der Waals surface area contributed by atoms with Gasteiger partial charge in [0.05, 0.1) is 0 Å². The molecule has 0 unspecified atom stereocenters. The van der Waals surface area contributed by atoms with Crippen molar-refractivity contribution in [2.75, 3.05) is 5.32 Å². The second-order valence-electron chi connectivity index (χ2n) is 5.26. The van der Waals surface area contributed by atoms with Gasteiger partial charge in [-0.1, -0.05) is 31.0 Å². The first-order chi connectivity index (χ1) is 9.84. The molecular weight excluding hydrogens is 250 g/mol. The number of aromatic nitrogens is 2. The van der Waals surface area contributed by atoms with E-state index in [1.54, 1.807) is 0 Å². The number of carbonyl (C=O) groups excluding carboxylic acids is 1. The molecule has 1 aromatic heterocycles. The van der Waals surface area contributed by atoms with Crippen molar-refractivity contribution in [2.45, 2.75) is 38.5 Å². The predicted molar refractivity (Wildman–Crippen MR) is 78.9 cm³/mol. The van der Waals surface area contributed by atoms with Crippen LogP contribution < -0.4 is 5.32 Å². The minimum atomic E-state index is -0.116. The lowest BCUT2D eigenvalue weighted by Gasteiger charge is -2.10. The van der Waals surface area contributed by atoms with Gasteiger partial charge >= 0.3 is 0 Å². The molecule has 1 heterocycles. The molecule has 4 heteroatoms. The Hall–Kier alpha value is -2.10. The van der Waals surface area contributed by atoms with Gasteiger partial charge in [0.1, 0.15) is 0 Å². The van der Waals surface area contributed by atoms with Crippen LogP contribution in [0.1, 0.15) is 47.4 Å². The zero-order valence-electron chi connectivity index (χ0n) is 11.5. The monoisotopic (exact) mass is 269 g/mol. The van der Waals surface area contributed by atoms with Crippen LogP contribution in [0.4, 0.5) is 5.69 Å².